The number of hydrogen-bond acceptors (Lipinski definition) is 4. The number of likely N-dealkylation sites (tertiary alicyclic amines) is 1. The topological polar surface area (TPSA) is 59.0 Å². The molecule has 1 N–H and O–H groups in total. The Morgan fingerprint density at radius 2 is 1.90 bits per heavy atom. The fourth-order valence-corrected chi connectivity index (χ4v) is 3.00. The highest BCUT2D eigenvalue weighted by atomic mass is 16.6. The highest BCUT2D eigenvalue weighted by molar-refractivity contribution is 5.68. The summed E-state index contributed by atoms with van der Waals surface area (Å²) in [4.78, 5) is 13.7. The molecular formula is C15H27NO4. The van der Waals surface area contributed by atoms with Gasteiger partial charge in [-0.15, -0.1) is 0 Å². The second-order valence-electron chi connectivity index (χ2n) is 6.92. The number of hydrogen-bond donors (Lipinski definition) is 1. The Hall–Kier alpha value is -0.810. The first-order valence-electron chi connectivity index (χ1n) is 7.60. The molecule has 5 nitrogen and oxygen atoms in total. The molecule has 2 saturated heterocycles. The summed E-state index contributed by atoms with van der Waals surface area (Å²) in [5.74, 6) is 0.484. The molecule has 0 bridgehead atoms. The average molecular weight is 285 g/mol. The van der Waals surface area contributed by atoms with Crippen LogP contribution in [0.2, 0.25) is 0 Å². The lowest BCUT2D eigenvalue weighted by Crippen LogP contribution is -2.38. The molecule has 0 aliphatic carbocycles. The van der Waals surface area contributed by atoms with E-state index in [0.717, 1.165) is 32.5 Å². The summed E-state index contributed by atoms with van der Waals surface area (Å²) in [6.45, 7) is 8.38. The first-order valence-corrected chi connectivity index (χ1v) is 7.60. The van der Waals surface area contributed by atoms with Crippen LogP contribution in [-0.2, 0) is 9.47 Å². The Kier molecular flexibility index (Phi) is 4.91. The number of rotatable bonds is 2. The van der Waals surface area contributed by atoms with Gasteiger partial charge in [-0.1, -0.05) is 0 Å². The van der Waals surface area contributed by atoms with E-state index in [-0.39, 0.29) is 18.1 Å². The van der Waals surface area contributed by atoms with Crippen LogP contribution in [-0.4, -0.2) is 54.1 Å². The van der Waals surface area contributed by atoms with Crippen LogP contribution >= 0.6 is 0 Å². The predicted molar refractivity (Wildman–Crippen MR) is 75.5 cm³/mol. The van der Waals surface area contributed by atoms with Gasteiger partial charge in [-0.05, 0) is 46.0 Å². The van der Waals surface area contributed by atoms with E-state index in [0.29, 0.717) is 19.0 Å². The zero-order valence-corrected chi connectivity index (χ0v) is 12.8. The minimum absolute atomic E-state index is 0.172. The molecule has 116 valence electrons. The molecule has 0 radical (unpaired) electrons. The zero-order valence-electron chi connectivity index (χ0n) is 12.8. The van der Waals surface area contributed by atoms with E-state index in [9.17, 15) is 9.90 Å². The van der Waals surface area contributed by atoms with Crippen molar-refractivity contribution >= 4 is 6.09 Å². The van der Waals surface area contributed by atoms with Crippen LogP contribution in [0.3, 0.4) is 0 Å². The van der Waals surface area contributed by atoms with E-state index in [1.165, 1.54) is 0 Å². The van der Waals surface area contributed by atoms with Crippen molar-refractivity contribution in [2.75, 3.05) is 26.3 Å². The van der Waals surface area contributed by atoms with E-state index >= 15 is 0 Å². The van der Waals surface area contributed by atoms with E-state index in [1.807, 2.05) is 20.8 Å². The SMILES string of the molecule is CC(C)(C)OC(=O)N1CC[C@@H](C(O)C2CCOCC2)C1. The molecule has 2 fully saturated rings. The van der Waals surface area contributed by atoms with Crippen molar-refractivity contribution in [1.29, 1.82) is 0 Å². The van der Waals surface area contributed by atoms with Crippen LogP contribution < -0.4 is 0 Å². The second kappa shape index (κ2) is 6.31. The summed E-state index contributed by atoms with van der Waals surface area (Å²) in [6, 6.07) is 0. The lowest BCUT2D eigenvalue weighted by atomic mass is 9.85. The largest absolute Gasteiger partial charge is 0.444 e. The standard InChI is InChI=1S/C15H27NO4/c1-15(2,3)20-14(18)16-7-4-12(10-16)13(17)11-5-8-19-9-6-11/h11-13,17H,4-10H2,1-3H3/t12-,13?/m1/s1. The quantitative estimate of drug-likeness (QED) is 0.843. The number of aliphatic hydroxyl groups is 1. The van der Waals surface area contributed by atoms with Crippen LogP contribution in [0, 0.1) is 11.8 Å². The number of carbonyl (C=O) groups excluding carboxylic acids is 1. The third-order valence-corrected chi connectivity index (χ3v) is 4.11. The van der Waals surface area contributed by atoms with Crippen molar-refractivity contribution in [1.82, 2.24) is 4.90 Å². The van der Waals surface area contributed by atoms with Crippen LogP contribution in [0.5, 0.6) is 0 Å². The minimum Gasteiger partial charge on any atom is -0.444 e. The Labute approximate surface area is 121 Å². The average Bonchev–Trinajstić information content (AvgIpc) is 2.86. The summed E-state index contributed by atoms with van der Waals surface area (Å²) in [5.41, 5.74) is -0.464. The van der Waals surface area contributed by atoms with Crippen molar-refractivity contribution in [3.05, 3.63) is 0 Å². The lowest BCUT2D eigenvalue weighted by molar-refractivity contribution is -0.0166. The number of aliphatic hydroxyl groups excluding tert-OH is 1. The number of nitrogens with zero attached hydrogens (tertiary/aromatic N) is 1. The van der Waals surface area contributed by atoms with E-state index in [1.54, 1.807) is 4.90 Å². The van der Waals surface area contributed by atoms with Crippen molar-refractivity contribution in [3.63, 3.8) is 0 Å². The fraction of sp³-hybridized carbons (Fsp3) is 0.933. The monoisotopic (exact) mass is 285 g/mol. The molecule has 2 atom stereocenters. The second-order valence-corrected chi connectivity index (χ2v) is 6.92. The predicted octanol–water partition coefficient (Wildman–Crippen LogP) is 2.03. The summed E-state index contributed by atoms with van der Waals surface area (Å²) in [6.07, 6.45) is 2.11. The molecule has 2 aliphatic rings. The molecule has 0 aromatic rings. The molecule has 1 unspecified atom stereocenters. The summed E-state index contributed by atoms with van der Waals surface area (Å²) in [5, 5.41) is 10.5. The van der Waals surface area contributed by atoms with E-state index in [2.05, 4.69) is 0 Å². The summed E-state index contributed by atoms with van der Waals surface area (Å²) >= 11 is 0. The summed E-state index contributed by atoms with van der Waals surface area (Å²) < 4.78 is 10.7. The van der Waals surface area contributed by atoms with Crippen LogP contribution in [0.1, 0.15) is 40.0 Å². The molecule has 2 rings (SSSR count). The van der Waals surface area contributed by atoms with E-state index < -0.39 is 5.60 Å². The molecule has 20 heavy (non-hydrogen) atoms. The summed E-state index contributed by atoms with van der Waals surface area (Å²) in [7, 11) is 0. The van der Waals surface area contributed by atoms with Gasteiger partial charge in [-0.2, -0.15) is 0 Å². The van der Waals surface area contributed by atoms with Gasteiger partial charge in [0.05, 0.1) is 6.10 Å². The molecule has 0 spiro atoms. The zero-order chi connectivity index (χ0) is 14.8. The fourth-order valence-electron chi connectivity index (χ4n) is 3.00. The third kappa shape index (κ3) is 4.09. The van der Waals surface area contributed by atoms with Gasteiger partial charge < -0.3 is 19.5 Å². The molecule has 5 heteroatoms. The highest BCUT2D eigenvalue weighted by Crippen LogP contribution is 2.30. The van der Waals surface area contributed by atoms with E-state index in [4.69, 9.17) is 9.47 Å². The lowest BCUT2D eigenvalue weighted by Gasteiger charge is -2.30. The maximum absolute atomic E-state index is 12.0. The Bertz CT molecular complexity index is 333. The van der Waals surface area contributed by atoms with Crippen LogP contribution in [0.4, 0.5) is 4.79 Å². The molecular weight excluding hydrogens is 258 g/mol. The molecule has 2 aliphatic heterocycles. The van der Waals surface area contributed by atoms with Crippen molar-refractivity contribution in [2.24, 2.45) is 11.8 Å². The first kappa shape index (κ1) is 15.6. The van der Waals surface area contributed by atoms with Gasteiger partial charge in [0.2, 0.25) is 0 Å². The maximum atomic E-state index is 12.0. The van der Waals surface area contributed by atoms with Crippen LogP contribution in [0.15, 0.2) is 0 Å². The van der Waals surface area contributed by atoms with Crippen molar-refractivity contribution < 1.29 is 19.4 Å². The Morgan fingerprint density at radius 1 is 1.25 bits per heavy atom. The molecule has 1 amide bonds. The van der Waals surface area contributed by atoms with Gasteiger partial charge in [-0.3, -0.25) is 0 Å². The van der Waals surface area contributed by atoms with Gasteiger partial charge in [-0.25, -0.2) is 4.79 Å². The Balaban J connectivity index is 1.83. The minimum atomic E-state index is -0.464. The molecule has 2 heterocycles. The maximum Gasteiger partial charge on any atom is 0.410 e. The normalized spacial score (nSPS) is 26.6. The van der Waals surface area contributed by atoms with Crippen molar-refractivity contribution in [2.45, 2.75) is 51.7 Å². The number of amides is 1. The van der Waals surface area contributed by atoms with Gasteiger partial charge >= 0.3 is 6.09 Å². The molecule has 0 saturated carbocycles. The number of ether oxygens (including phenoxy) is 2. The van der Waals surface area contributed by atoms with Crippen molar-refractivity contribution in [3.8, 4) is 0 Å². The Morgan fingerprint density at radius 3 is 2.50 bits per heavy atom. The van der Waals surface area contributed by atoms with Gasteiger partial charge in [0.25, 0.3) is 0 Å². The van der Waals surface area contributed by atoms with Gasteiger partial charge in [0, 0.05) is 32.2 Å². The van der Waals surface area contributed by atoms with Gasteiger partial charge in [0.1, 0.15) is 5.60 Å². The van der Waals surface area contributed by atoms with Gasteiger partial charge in [0.15, 0.2) is 0 Å². The molecule has 0 aromatic carbocycles. The molecule has 0 aromatic heterocycles. The highest BCUT2D eigenvalue weighted by Gasteiger charge is 2.36. The smallest absolute Gasteiger partial charge is 0.410 e. The van der Waals surface area contributed by atoms with Crippen LogP contribution in [0.25, 0.3) is 0 Å². The number of carbonyl (C=O) groups is 1. The third-order valence-electron chi connectivity index (χ3n) is 4.11. The first-order chi connectivity index (χ1) is 9.37.